The largest absolute Gasteiger partial charge is 0.375 e. The van der Waals surface area contributed by atoms with Crippen LogP contribution in [0.4, 0.5) is 11.5 Å². The second-order valence-electron chi connectivity index (χ2n) is 3.72. The summed E-state index contributed by atoms with van der Waals surface area (Å²) in [6, 6.07) is 0. The minimum Gasteiger partial charge on any atom is -0.375 e. The van der Waals surface area contributed by atoms with Crippen LogP contribution in [0.1, 0.15) is 6.92 Å². The molecule has 8 heteroatoms. The number of halogens is 1. The average Bonchev–Trinajstić information content (AvgIpc) is 2.28. The van der Waals surface area contributed by atoms with E-state index in [9.17, 15) is 10.1 Å². The van der Waals surface area contributed by atoms with Crippen molar-refractivity contribution >= 4 is 23.1 Å². The van der Waals surface area contributed by atoms with Crippen LogP contribution < -0.4 is 4.90 Å². The summed E-state index contributed by atoms with van der Waals surface area (Å²) in [6.45, 7) is 3.52. The van der Waals surface area contributed by atoms with E-state index in [1.165, 1.54) is 6.33 Å². The lowest BCUT2D eigenvalue weighted by Gasteiger charge is -2.31. The Morgan fingerprint density at radius 2 is 2.41 bits per heavy atom. The molecule has 92 valence electrons. The van der Waals surface area contributed by atoms with Crippen LogP contribution in [-0.4, -0.2) is 40.7 Å². The van der Waals surface area contributed by atoms with Gasteiger partial charge in [0.25, 0.3) is 0 Å². The van der Waals surface area contributed by atoms with Crippen LogP contribution in [0.15, 0.2) is 6.33 Å². The van der Waals surface area contributed by atoms with Crippen LogP contribution in [0.2, 0.25) is 5.15 Å². The number of hydrogen-bond acceptors (Lipinski definition) is 6. The number of hydrogen-bond donors (Lipinski definition) is 0. The number of aromatic nitrogens is 2. The van der Waals surface area contributed by atoms with Crippen molar-refractivity contribution < 1.29 is 9.66 Å². The zero-order chi connectivity index (χ0) is 12.4. The third kappa shape index (κ3) is 2.45. The van der Waals surface area contributed by atoms with Gasteiger partial charge >= 0.3 is 5.69 Å². The number of anilines is 1. The zero-order valence-corrected chi connectivity index (χ0v) is 9.92. The number of rotatable bonds is 2. The maximum absolute atomic E-state index is 10.9. The molecular weight excluding hydrogens is 248 g/mol. The quantitative estimate of drug-likeness (QED) is 0.451. The highest BCUT2D eigenvalue weighted by atomic mass is 35.5. The Hall–Kier alpha value is -1.47. The van der Waals surface area contributed by atoms with Crippen molar-refractivity contribution in [1.29, 1.82) is 0 Å². The lowest BCUT2D eigenvalue weighted by molar-refractivity contribution is -0.384. The summed E-state index contributed by atoms with van der Waals surface area (Å²) in [7, 11) is 0. The molecule has 0 bridgehead atoms. The van der Waals surface area contributed by atoms with Gasteiger partial charge < -0.3 is 9.64 Å². The fourth-order valence-electron chi connectivity index (χ4n) is 1.75. The molecule has 1 aliphatic rings. The fraction of sp³-hybridized carbons (Fsp3) is 0.556. The number of morpholine rings is 1. The molecule has 2 rings (SSSR count). The van der Waals surface area contributed by atoms with E-state index in [0.717, 1.165) is 0 Å². The summed E-state index contributed by atoms with van der Waals surface area (Å²) in [6.07, 6.45) is 1.24. The van der Waals surface area contributed by atoms with Gasteiger partial charge in [0.2, 0.25) is 11.0 Å². The molecule has 7 nitrogen and oxygen atoms in total. The van der Waals surface area contributed by atoms with Crippen LogP contribution >= 0.6 is 11.6 Å². The smallest absolute Gasteiger partial charge is 0.348 e. The summed E-state index contributed by atoms with van der Waals surface area (Å²) < 4.78 is 5.37. The van der Waals surface area contributed by atoms with Gasteiger partial charge in [0, 0.05) is 13.1 Å². The Morgan fingerprint density at radius 1 is 1.65 bits per heavy atom. The second kappa shape index (κ2) is 4.80. The Morgan fingerprint density at radius 3 is 3.06 bits per heavy atom. The number of nitro groups is 1. The van der Waals surface area contributed by atoms with E-state index in [2.05, 4.69) is 9.97 Å². The maximum atomic E-state index is 10.9. The minimum atomic E-state index is -0.558. The van der Waals surface area contributed by atoms with E-state index in [1.807, 2.05) is 6.92 Å². The predicted octanol–water partition coefficient (Wildman–Crippen LogP) is 1.26. The molecule has 0 spiro atoms. The van der Waals surface area contributed by atoms with Crippen molar-refractivity contribution in [2.45, 2.75) is 13.0 Å². The van der Waals surface area contributed by atoms with Gasteiger partial charge in [-0.3, -0.25) is 10.1 Å². The first-order valence-electron chi connectivity index (χ1n) is 5.11. The van der Waals surface area contributed by atoms with Crippen LogP contribution in [0.25, 0.3) is 0 Å². The van der Waals surface area contributed by atoms with Gasteiger partial charge in [-0.05, 0) is 6.92 Å². The Bertz CT molecular complexity index is 442. The predicted molar refractivity (Wildman–Crippen MR) is 61.3 cm³/mol. The van der Waals surface area contributed by atoms with Crippen molar-refractivity contribution in [2.24, 2.45) is 0 Å². The minimum absolute atomic E-state index is 0.0112. The molecule has 0 aromatic carbocycles. The Labute approximate surface area is 103 Å². The molecule has 0 amide bonds. The normalized spacial score (nSPS) is 20.4. The molecule has 1 aromatic heterocycles. The van der Waals surface area contributed by atoms with Crippen molar-refractivity contribution in [1.82, 2.24) is 9.97 Å². The first-order valence-corrected chi connectivity index (χ1v) is 5.49. The van der Waals surface area contributed by atoms with Crippen LogP contribution in [0.3, 0.4) is 0 Å². The third-order valence-electron chi connectivity index (χ3n) is 2.48. The second-order valence-corrected chi connectivity index (χ2v) is 4.08. The Kier molecular flexibility index (Phi) is 3.39. The zero-order valence-electron chi connectivity index (χ0n) is 9.17. The van der Waals surface area contributed by atoms with Gasteiger partial charge in [0.1, 0.15) is 6.33 Å². The fourth-order valence-corrected chi connectivity index (χ4v) is 1.95. The van der Waals surface area contributed by atoms with Crippen LogP contribution in [0, 0.1) is 10.1 Å². The van der Waals surface area contributed by atoms with E-state index < -0.39 is 4.92 Å². The van der Waals surface area contributed by atoms with E-state index >= 15 is 0 Å². The molecule has 2 heterocycles. The summed E-state index contributed by atoms with van der Waals surface area (Å²) in [5, 5.41) is 10.8. The van der Waals surface area contributed by atoms with Gasteiger partial charge in [-0.15, -0.1) is 0 Å². The van der Waals surface area contributed by atoms with Crippen LogP contribution in [-0.2, 0) is 4.74 Å². The van der Waals surface area contributed by atoms with Crippen molar-refractivity contribution in [3.05, 3.63) is 21.6 Å². The highest BCUT2D eigenvalue weighted by molar-refractivity contribution is 6.31. The number of nitrogens with zero attached hydrogens (tertiary/aromatic N) is 4. The van der Waals surface area contributed by atoms with Gasteiger partial charge in [-0.2, -0.15) is 0 Å². The van der Waals surface area contributed by atoms with Crippen molar-refractivity contribution in [2.75, 3.05) is 24.6 Å². The molecule has 0 saturated carbocycles. The lowest BCUT2D eigenvalue weighted by Crippen LogP contribution is -2.41. The summed E-state index contributed by atoms with van der Waals surface area (Å²) in [5.41, 5.74) is -0.247. The summed E-state index contributed by atoms with van der Waals surface area (Å²) in [5.74, 6) is 0.255. The topological polar surface area (TPSA) is 81.4 Å². The third-order valence-corrected chi connectivity index (χ3v) is 2.76. The standard InChI is InChI=1S/C9H11ClN4O3/c1-6-4-13(2-3-17-6)9-7(14(15)16)8(10)11-5-12-9/h5-6H,2-4H2,1H3. The van der Waals surface area contributed by atoms with E-state index in [4.69, 9.17) is 16.3 Å². The molecular formula is C9H11ClN4O3. The summed E-state index contributed by atoms with van der Waals surface area (Å²) in [4.78, 5) is 19.8. The molecule has 1 unspecified atom stereocenters. The van der Waals surface area contributed by atoms with Crippen molar-refractivity contribution in [3.8, 4) is 0 Å². The maximum Gasteiger partial charge on any atom is 0.348 e. The molecule has 1 saturated heterocycles. The summed E-state index contributed by atoms with van der Waals surface area (Å²) >= 11 is 5.73. The van der Waals surface area contributed by atoms with E-state index in [-0.39, 0.29) is 22.8 Å². The molecule has 1 fully saturated rings. The van der Waals surface area contributed by atoms with Gasteiger partial charge in [0.05, 0.1) is 17.6 Å². The monoisotopic (exact) mass is 258 g/mol. The van der Waals surface area contributed by atoms with Gasteiger partial charge in [-0.25, -0.2) is 9.97 Å². The molecule has 0 aliphatic carbocycles. The van der Waals surface area contributed by atoms with Crippen LogP contribution in [0.5, 0.6) is 0 Å². The molecule has 0 radical (unpaired) electrons. The molecule has 17 heavy (non-hydrogen) atoms. The lowest BCUT2D eigenvalue weighted by atomic mass is 10.3. The van der Waals surface area contributed by atoms with E-state index in [1.54, 1.807) is 4.90 Å². The highest BCUT2D eigenvalue weighted by Crippen LogP contribution is 2.31. The molecule has 0 N–H and O–H groups in total. The average molecular weight is 259 g/mol. The van der Waals surface area contributed by atoms with E-state index in [0.29, 0.717) is 19.7 Å². The molecule has 1 aliphatic heterocycles. The SMILES string of the molecule is CC1CN(c2ncnc(Cl)c2[N+](=O)[O-])CCO1. The van der Waals surface area contributed by atoms with Gasteiger partial charge in [-0.1, -0.05) is 11.6 Å². The first kappa shape index (κ1) is 12.0. The molecule has 1 aromatic rings. The van der Waals surface area contributed by atoms with Crippen molar-refractivity contribution in [3.63, 3.8) is 0 Å². The first-order chi connectivity index (χ1) is 8.09. The van der Waals surface area contributed by atoms with Gasteiger partial charge in [0.15, 0.2) is 0 Å². The highest BCUT2D eigenvalue weighted by Gasteiger charge is 2.28. The molecule has 1 atom stereocenters. The number of ether oxygens (including phenoxy) is 1. The Balaban J connectivity index is 2.37.